The monoisotopic (exact) mass is 324 g/mol. The molecule has 1 unspecified atom stereocenters. The third kappa shape index (κ3) is 3.88. The highest BCUT2D eigenvalue weighted by Crippen LogP contribution is 2.18. The van der Waals surface area contributed by atoms with Crippen LogP contribution < -0.4 is 4.72 Å². The minimum absolute atomic E-state index is 0.0118. The van der Waals surface area contributed by atoms with E-state index in [0.29, 0.717) is 6.42 Å². The Hall–Kier alpha value is -0.700. The molecule has 0 saturated carbocycles. The fourth-order valence-corrected chi connectivity index (χ4v) is 4.90. The molecule has 0 radical (unpaired) electrons. The quantitative estimate of drug-likeness (QED) is 0.812. The first-order valence-electron chi connectivity index (χ1n) is 5.60. The van der Waals surface area contributed by atoms with Crippen LogP contribution in [0.15, 0.2) is 23.2 Å². The van der Waals surface area contributed by atoms with E-state index in [9.17, 15) is 16.8 Å². The molecule has 2 heterocycles. The van der Waals surface area contributed by atoms with Crippen molar-refractivity contribution in [2.75, 3.05) is 18.1 Å². The van der Waals surface area contributed by atoms with Gasteiger partial charge in [0, 0.05) is 12.7 Å². The van der Waals surface area contributed by atoms with Crippen molar-refractivity contribution in [3.8, 4) is 0 Å². The molecule has 0 bridgehead atoms. The van der Waals surface area contributed by atoms with Crippen LogP contribution in [0.4, 0.5) is 0 Å². The molecule has 2 rings (SSSR count). The molecule has 19 heavy (non-hydrogen) atoms. The van der Waals surface area contributed by atoms with Crippen LogP contribution in [0.1, 0.15) is 6.42 Å². The van der Waals surface area contributed by atoms with Crippen molar-refractivity contribution in [2.24, 2.45) is 5.92 Å². The maximum Gasteiger partial charge on any atom is 0.242 e. The lowest BCUT2D eigenvalue weighted by atomic mass is 10.1. The molecule has 0 aromatic carbocycles. The van der Waals surface area contributed by atoms with Gasteiger partial charge in [-0.1, -0.05) is 11.6 Å². The topological polar surface area (TPSA) is 93.2 Å². The average Bonchev–Trinajstić information content (AvgIpc) is 2.67. The lowest BCUT2D eigenvalue weighted by molar-refractivity contribution is 0.543. The molecule has 1 aliphatic rings. The van der Waals surface area contributed by atoms with Crippen molar-refractivity contribution in [2.45, 2.75) is 11.3 Å². The largest absolute Gasteiger partial charge is 0.243 e. The Balaban J connectivity index is 2.01. The van der Waals surface area contributed by atoms with Crippen molar-refractivity contribution in [1.82, 2.24) is 9.71 Å². The molecule has 1 aliphatic heterocycles. The maximum absolute atomic E-state index is 11.9. The summed E-state index contributed by atoms with van der Waals surface area (Å²) in [4.78, 5) is 3.71. The van der Waals surface area contributed by atoms with E-state index in [0.717, 1.165) is 6.20 Å². The van der Waals surface area contributed by atoms with Crippen LogP contribution in [0.25, 0.3) is 0 Å². The molecule has 1 aromatic rings. The van der Waals surface area contributed by atoms with Crippen LogP contribution in [-0.4, -0.2) is 39.9 Å². The van der Waals surface area contributed by atoms with Crippen LogP contribution in [0.5, 0.6) is 0 Å². The van der Waals surface area contributed by atoms with Gasteiger partial charge in [0.1, 0.15) is 10.0 Å². The molecule has 1 atom stereocenters. The summed E-state index contributed by atoms with van der Waals surface area (Å²) in [5, 5.41) is 0.209. The predicted molar refractivity (Wildman–Crippen MR) is 71.2 cm³/mol. The van der Waals surface area contributed by atoms with E-state index in [1.54, 1.807) is 0 Å². The van der Waals surface area contributed by atoms with Gasteiger partial charge in [-0.15, -0.1) is 0 Å². The van der Waals surface area contributed by atoms with E-state index in [-0.39, 0.29) is 34.0 Å². The number of pyridine rings is 1. The van der Waals surface area contributed by atoms with E-state index in [2.05, 4.69) is 9.71 Å². The van der Waals surface area contributed by atoms with Gasteiger partial charge in [0.05, 0.1) is 11.5 Å². The molecule has 0 aliphatic carbocycles. The fourth-order valence-electron chi connectivity index (χ4n) is 1.87. The third-order valence-corrected chi connectivity index (χ3v) is 6.37. The number of aromatic nitrogens is 1. The van der Waals surface area contributed by atoms with Gasteiger partial charge < -0.3 is 0 Å². The molecular weight excluding hydrogens is 312 g/mol. The molecule has 1 fully saturated rings. The number of hydrogen-bond donors (Lipinski definition) is 1. The average molecular weight is 325 g/mol. The summed E-state index contributed by atoms with van der Waals surface area (Å²) in [6.45, 7) is 0.115. The van der Waals surface area contributed by atoms with E-state index in [4.69, 9.17) is 11.6 Å². The number of hydrogen-bond acceptors (Lipinski definition) is 5. The second-order valence-corrected chi connectivity index (χ2v) is 8.82. The number of rotatable bonds is 4. The number of nitrogens with one attached hydrogen (secondary N) is 1. The highest BCUT2D eigenvalue weighted by Gasteiger charge is 2.29. The molecule has 1 aromatic heterocycles. The van der Waals surface area contributed by atoms with Crippen LogP contribution in [0.2, 0.25) is 5.15 Å². The maximum atomic E-state index is 11.9. The van der Waals surface area contributed by atoms with Crippen molar-refractivity contribution in [3.05, 3.63) is 23.5 Å². The highest BCUT2D eigenvalue weighted by atomic mass is 35.5. The molecule has 1 saturated heterocycles. The summed E-state index contributed by atoms with van der Waals surface area (Å²) in [6.07, 6.45) is 1.65. The van der Waals surface area contributed by atoms with Crippen molar-refractivity contribution < 1.29 is 16.8 Å². The SMILES string of the molecule is O=S1(=O)CCC(CNS(=O)(=O)c2ccc(Cl)nc2)C1. The highest BCUT2D eigenvalue weighted by molar-refractivity contribution is 7.91. The Kier molecular flexibility index (Phi) is 4.14. The van der Waals surface area contributed by atoms with Crippen molar-refractivity contribution in [3.63, 3.8) is 0 Å². The van der Waals surface area contributed by atoms with Crippen LogP contribution >= 0.6 is 11.6 Å². The minimum atomic E-state index is -3.67. The molecular formula is C10H13ClN2O4S2. The van der Waals surface area contributed by atoms with Gasteiger partial charge in [-0.2, -0.15) is 0 Å². The zero-order chi connectivity index (χ0) is 14.1. The Labute approximate surface area is 117 Å². The van der Waals surface area contributed by atoms with E-state index >= 15 is 0 Å². The van der Waals surface area contributed by atoms with Gasteiger partial charge in [-0.05, 0) is 24.5 Å². The van der Waals surface area contributed by atoms with Crippen LogP contribution in [0.3, 0.4) is 0 Å². The van der Waals surface area contributed by atoms with Gasteiger partial charge >= 0.3 is 0 Å². The van der Waals surface area contributed by atoms with Crippen LogP contribution in [-0.2, 0) is 19.9 Å². The molecule has 0 spiro atoms. The first kappa shape index (κ1) is 14.7. The Morgan fingerprint density at radius 1 is 1.42 bits per heavy atom. The summed E-state index contributed by atoms with van der Waals surface area (Å²) < 4.78 is 48.8. The first-order chi connectivity index (χ1) is 8.78. The molecule has 6 nitrogen and oxygen atoms in total. The van der Waals surface area contributed by atoms with Crippen LogP contribution in [0, 0.1) is 5.92 Å². The molecule has 9 heteroatoms. The number of sulfone groups is 1. The zero-order valence-corrected chi connectivity index (χ0v) is 12.3. The third-order valence-electron chi connectivity index (χ3n) is 2.90. The van der Waals surface area contributed by atoms with Crippen molar-refractivity contribution >= 4 is 31.5 Å². The van der Waals surface area contributed by atoms with Gasteiger partial charge in [0.2, 0.25) is 10.0 Å². The summed E-state index contributed by atoms with van der Waals surface area (Å²) in [7, 11) is -6.67. The molecule has 106 valence electrons. The predicted octanol–water partition coefficient (Wildman–Crippen LogP) is 0.448. The van der Waals surface area contributed by atoms with Crippen molar-refractivity contribution in [1.29, 1.82) is 0 Å². The lowest BCUT2D eigenvalue weighted by Crippen LogP contribution is -2.30. The second kappa shape index (κ2) is 5.35. The van der Waals surface area contributed by atoms with E-state index in [1.807, 2.05) is 0 Å². The first-order valence-corrected chi connectivity index (χ1v) is 9.28. The van der Waals surface area contributed by atoms with Gasteiger partial charge in [-0.25, -0.2) is 26.5 Å². The summed E-state index contributed by atoms with van der Waals surface area (Å²) in [6, 6.07) is 2.74. The van der Waals surface area contributed by atoms with Gasteiger partial charge in [-0.3, -0.25) is 0 Å². The zero-order valence-electron chi connectivity index (χ0n) is 9.91. The number of nitrogens with zero attached hydrogens (tertiary/aromatic N) is 1. The number of sulfonamides is 1. The summed E-state index contributed by atoms with van der Waals surface area (Å²) in [5.41, 5.74) is 0. The lowest BCUT2D eigenvalue weighted by Gasteiger charge is -2.10. The molecule has 0 amide bonds. The van der Waals surface area contributed by atoms with E-state index in [1.165, 1.54) is 12.1 Å². The summed E-state index contributed by atoms with van der Waals surface area (Å²) >= 11 is 5.58. The van der Waals surface area contributed by atoms with Gasteiger partial charge in [0.25, 0.3) is 0 Å². The number of halogens is 1. The van der Waals surface area contributed by atoms with E-state index < -0.39 is 19.9 Å². The standard InChI is InChI=1S/C10H13ClN2O4S2/c11-10-2-1-9(6-12-10)19(16,17)13-5-8-3-4-18(14,15)7-8/h1-2,6,8,13H,3-5,7H2. The Morgan fingerprint density at radius 2 is 2.16 bits per heavy atom. The Morgan fingerprint density at radius 3 is 2.68 bits per heavy atom. The molecule has 1 N–H and O–H groups in total. The smallest absolute Gasteiger partial charge is 0.242 e. The van der Waals surface area contributed by atoms with Gasteiger partial charge in [0.15, 0.2) is 9.84 Å². The normalized spacial score (nSPS) is 22.5. The minimum Gasteiger partial charge on any atom is -0.243 e. The Bertz CT molecular complexity index is 655. The fraction of sp³-hybridized carbons (Fsp3) is 0.500. The summed E-state index contributed by atoms with van der Waals surface area (Å²) in [5.74, 6) is -0.00366. The second-order valence-electron chi connectivity index (χ2n) is 4.44.